The van der Waals surface area contributed by atoms with Crippen LogP contribution in [0.5, 0.6) is 11.5 Å². The minimum atomic E-state index is -1.18. The quantitative estimate of drug-likeness (QED) is 0.850. The van der Waals surface area contributed by atoms with Crippen molar-refractivity contribution in [3.63, 3.8) is 0 Å². The smallest absolute Gasteiger partial charge is 0.358 e. The molecule has 0 atom stereocenters. The molecule has 22 heavy (non-hydrogen) atoms. The van der Waals surface area contributed by atoms with Gasteiger partial charge in [0.25, 0.3) is 0 Å². The summed E-state index contributed by atoms with van der Waals surface area (Å²) in [5.41, 5.74) is 0.993. The van der Waals surface area contributed by atoms with Gasteiger partial charge < -0.3 is 14.6 Å². The van der Waals surface area contributed by atoms with Crippen molar-refractivity contribution in [3.05, 3.63) is 35.2 Å². The van der Waals surface area contributed by atoms with Crippen molar-refractivity contribution in [2.45, 2.75) is 13.0 Å². The molecule has 2 rings (SSSR count). The van der Waals surface area contributed by atoms with Crippen LogP contribution in [0.1, 0.15) is 21.7 Å². The van der Waals surface area contributed by atoms with E-state index in [0.29, 0.717) is 17.2 Å². The summed E-state index contributed by atoms with van der Waals surface area (Å²) in [5.74, 6) is -0.0655. The molecular weight excluding hydrogens is 288 g/mol. The van der Waals surface area contributed by atoms with Crippen molar-refractivity contribution in [2.24, 2.45) is 0 Å². The van der Waals surface area contributed by atoms with Crippen molar-refractivity contribution in [1.82, 2.24) is 15.0 Å². The molecule has 0 bridgehead atoms. The highest BCUT2D eigenvalue weighted by Crippen LogP contribution is 2.28. The molecule has 0 saturated heterocycles. The second-order valence-electron chi connectivity index (χ2n) is 4.37. The third-order valence-corrected chi connectivity index (χ3v) is 3.08. The van der Waals surface area contributed by atoms with Crippen LogP contribution in [0, 0.1) is 11.3 Å². The van der Waals surface area contributed by atoms with E-state index in [-0.39, 0.29) is 18.7 Å². The molecule has 8 heteroatoms. The number of hydrogen-bond donors (Lipinski definition) is 1. The molecule has 8 nitrogen and oxygen atoms in total. The van der Waals surface area contributed by atoms with Gasteiger partial charge in [-0.2, -0.15) is 5.26 Å². The van der Waals surface area contributed by atoms with E-state index in [1.165, 1.54) is 18.9 Å². The number of ether oxygens (including phenoxy) is 2. The number of benzene rings is 1. The fraction of sp³-hybridized carbons (Fsp3) is 0.286. The fourth-order valence-corrected chi connectivity index (χ4v) is 2.05. The van der Waals surface area contributed by atoms with Gasteiger partial charge in [0.15, 0.2) is 17.2 Å². The minimum absolute atomic E-state index is 0.0666. The standard InChI is InChI=1S/C14H14N4O4/c1-21-11-4-3-9(8-12(11)22-2)7-10-13(14(19)20)16-17-18(10)6-5-15/h3-4,8H,6-7H2,1-2H3,(H,19,20). The van der Waals surface area contributed by atoms with Crippen LogP contribution in [0.15, 0.2) is 18.2 Å². The summed E-state index contributed by atoms with van der Waals surface area (Å²) in [6, 6.07) is 7.19. The maximum absolute atomic E-state index is 11.2. The minimum Gasteiger partial charge on any atom is -0.493 e. The maximum Gasteiger partial charge on any atom is 0.358 e. The Bertz CT molecular complexity index is 733. The van der Waals surface area contributed by atoms with Crippen LogP contribution < -0.4 is 9.47 Å². The molecule has 0 amide bonds. The predicted molar refractivity (Wildman–Crippen MR) is 74.9 cm³/mol. The van der Waals surface area contributed by atoms with E-state index in [1.807, 2.05) is 6.07 Å². The third kappa shape index (κ3) is 2.98. The third-order valence-electron chi connectivity index (χ3n) is 3.08. The number of carbonyl (C=O) groups is 1. The first-order valence-electron chi connectivity index (χ1n) is 6.34. The first-order valence-corrected chi connectivity index (χ1v) is 6.34. The molecule has 114 valence electrons. The van der Waals surface area contributed by atoms with Gasteiger partial charge in [-0.1, -0.05) is 11.3 Å². The summed E-state index contributed by atoms with van der Waals surface area (Å²) < 4.78 is 11.7. The van der Waals surface area contributed by atoms with Crippen molar-refractivity contribution in [1.29, 1.82) is 5.26 Å². The zero-order valence-electron chi connectivity index (χ0n) is 12.1. The normalized spacial score (nSPS) is 10.0. The van der Waals surface area contributed by atoms with E-state index < -0.39 is 5.97 Å². The molecule has 1 aromatic carbocycles. The Hall–Kier alpha value is -3.08. The average Bonchev–Trinajstić information content (AvgIpc) is 2.90. The molecule has 1 aromatic heterocycles. The maximum atomic E-state index is 11.2. The zero-order chi connectivity index (χ0) is 16.1. The number of nitriles is 1. The number of carboxylic acids is 1. The van der Waals surface area contributed by atoms with Crippen LogP contribution in [0.3, 0.4) is 0 Å². The Morgan fingerprint density at radius 3 is 2.68 bits per heavy atom. The van der Waals surface area contributed by atoms with Crippen LogP contribution in [0.2, 0.25) is 0 Å². The SMILES string of the molecule is COc1ccc(Cc2c(C(=O)O)nnn2CC#N)cc1OC. The van der Waals surface area contributed by atoms with Gasteiger partial charge >= 0.3 is 5.97 Å². The lowest BCUT2D eigenvalue weighted by Crippen LogP contribution is -2.08. The van der Waals surface area contributed by atoms with Gasteiger partial charge in [-0.25, -0.2) is 9.48 Å². The molecule has 0 aliphatic rings. The van der Waals surface area contributed by atoms with Gasteiger partial charge in [-0.3, -0.25) is 0 Å². The first kappa shape index (κ1) is 15.3. The highest BCUT2D eigenvalue weighted by atomic mass is 16.5. The molecule has 2 aromatic rings. The van der Waals surface area contributed by atoms with Crippen LogP contribution in [0.25, 0.3) is 0 Å². The van der Waals surface area contributed by atoms with Gasteiger partial charge in [0.2, 0.25) is 0 Å². The fourth-order valence-electron chi connectivity index (χ4n) is 2.05. The molecule has 1 N–H and O–H groups in total. The molecular formula is C14H14N4O4. The van der Waals surface area contributed by atoms with Gasteiger partial charge in [0.1, 0.15) is 6.54 Å². The predicted octanol–water partition coefficient (Wildman–Crippen LogP) is 1.11. The van der Waals surface area contributed by atoms with Crippen molar-refractivity contribution < 1.29 is 19.4 Å². The van der Waals surface area contributed by atoms with Crippen molar-refractivity contribution >= 4 is 5.97 Å². The van der Waals surface area contributed by atoms with Gasteiger partial charge in [-0.05, 0) is 17.7 Å². The molecule has 0 aliphatic carbocycles. The number of carboxylic acid groups (broad SMARTS) is 1. The molecule has 0 spiro atoms. The number of rotatable bonds is 6. The number of nitrogens with zero attached hydrogens (tertiary/aromatic N) is 4. The number of aromatic carboxylic acids is 1. The van der Waals surface area contributed by atoms with Gasteiger partial charge in [0.05, 0.1) is 26.0 Å². The Kier molecular flexibility index (Phi) is 4.58. The van der Waals surface area contributed by atoms with E-state index >= 15 is 0 Å². The Balaban J connectivity index is 2.40. The van der Waals surface area contributed by atoms with Gasteiger partial charge in [0, 0.05) is 6.42 Å². The highest BCUT2D eigenvalue weighted by molar-refractivity contribution is 5.86. The lowest BCUT2D eigenvalue weighted by Gasteiger charge is -2.10. The van der Waals surface area contributed by atoms with Crippen molar-refractivity contribution in [2.75, 3.05) is 14.2 Å². The van der Waals surface area contributed by atoms with Crippen LogP contribution in [-0.2, 0) is 13.0 Å². The molecule has 0 radical (unpaired) electrons. The highest BCUT2D eigenvalue weighted by Gasteiger charge is 2.19. The monoisotopic (exact) mass is 302 g/mol. The lowest BCUT2D eigenvalue weighted by atomic mass is 10.1. The Morgan fingerprint density at radius 2 is 2.09 bits per heavy atom. The van der Waals surface area contributed by atoms with Gasteiger partial charge in [-0.15, -0.1) is 5.10 Å². The van der Waals surface area contributed by atoms with Crippen LogP contribution in [0.4, 0.5) is 0 Å². The molecule has 0 unspecified atom stereocenters. The lowest BCUT2D eigenvalue weighted by molar-refractivity contribution is 0.0689. The summed E-state index contributed by atoms with van der Waals surface area (Å²) in [6.07, 6.45) is 0.261. The summed E-state index contributed by atoms with van der Waals surface area (Å²) in [6.45, 7) is -0.0666. The van der Waals surface area contributed by atoms with Crippen LogP contribution in [-0.4, -0.2) is 40.3 Å². The Labute approximate surface area is 126 Å². The summed E-state index contributed by atoms with van der Waals surface area (Å²) in [4.78, 5) is 11.2. The zero-order valence-corrected chi connectivity index (χ0v) is 12.1. The summed E-state index contributed by atoms with van der Waals surface area (Å²) in [7, 11) is 3.05. The van der Waals surface area contributed by atoms with E-state index in [9.17, 15) is 4.79 Å². The largest absolute Gasteiger partial charge is 0.493 e. The van der Waals surface area contributed by atoms with E-state index in [0.717, 1.165) is 5.56 Å². The van der Waals surface area contributed by atoms with Crippen LogP contribution >= 0.6 is 0 Å². The number of aromatic nitrogens is 3. The summed E-state index contributed by atoms with van der Waals surface area (Å²) in [5, 5.41) is 25.3. The van der Waals surface area contributed by atoms with E-state index in [4.69, 9.17) is 19.8 Å². The molecule has 0 saturated carbocycles. The first-order chi connectivity index (χ1) is 10.6. The van der Waals surface area contributed by atoms with Crippen molar-refractivity contribution in [3.8, 4) is 17.6 Å². The second-order valence-corrected chi connectivity index (χ2v) is 4.37. The average molecular weight is 302 g/mol. The second kappa shape index (κ2) is 6.58. The molecule has 0 fully saturated rings. The number of hydrogen-bond acceptors (Lipinski definition) is 6. The number of methoxy groups -OCH3 is 2. The summed E-state index contributed by atoms with van der Waals surface area (Å²) >= 11 is 0. The molecule has 1 heterocycles. The van der Waals surface area contributed by atoms with E-state index in [2.05, 4.69) is 10.3 Å². The Morgan fingerprint density at radius 1 is 1.36 bits per heavy atom. The molecule has 0 aliphatic heterocycles. The topological polar surface area (TPSA) is 110 Å². The van der Waals surface area contributed by atoms with E-state index in [1.54, 1.807) is 18.2 Å².